The summed E-state index contributed by atoms with van der Waals surface area (Å²) in [7, 11) is 1.99. The van der Waals surface area contributed by atoms with Gasteiger partial charge in [0.15, 0.2) is 0 Å². The highest BCUT2D eigenvalue weighted by Gasteiger charge is 2.46. The zero-order valence-corrected chi connectivity index (χ0v) is 9.60. The van der Waals surface area contributed by atoms with Crippen molar-refractivity contribution in [2.45, 2.75) is 38.0 Å². The molecule has 1 fully saturated rings. The summed E-state index contributed by atoms with van der Waals surface area (Å²) in [5.41, 5.74) is -0.0758. The molecule has 0 bridgehead atoms. The van der Waals surface area contributed by atoms with Crippen molar-refractivity contribution in [1.82, 2.24) is 10.3 Å². The first-order valence-electron chi connectivity index (χ1n) is 4.93. The van der Waals surface area contributed by atoms with Crippen LogP contribution in [-0.2, 0) is 10.3 Å². The summed E-state index contributed by atoms with van der Waals surface area (Å²) in [6.45, 7) is 4.23. The van der Waals surface area contributed by atoms with Gasteiger partial charge >= 0.3 is 0 Å². The summed E-state index contributed by atoms with van der Waals surface area (Å²) in [6, 6.07) is 0. The Morgan fingerprint density at radius 2 is 2.43 bits per heavy atom. The van der Waals surface area contributed by atoms with Crippen LogP contribution >= 0.6 is 11.3 Å². The van der Waals surface area contributed by atoms with Crippen molar-refractivity contribution in [2.24, 2.45) is 0 Å². The first-order chi connectivity index (χ1) is 6.69. The second-order valence-electron chi connectivity index (χ2n) is 3.85. The molecule has 78 valence electrons. The van der Waals surface area contributed by atoms with Crippen molar-refractivity contribution in [3.05, 3.63) is 16.6 Å². The van der Waals surface area contributed by atoms with Crippen LogP contribution in [0.3, 0.4) is 0 Å². The smallest absolute Gasteiger partial charge is 0.115 e. The predicted molar refractivity (Wildman–Crippen MR) is 57.5 cm³/mol. The van der Waals surface area contributed by atoms with Crippen molar-refractivity contribution in [1.29, 1.82) is 0 Å². The number of nitrogens with one attached hydrogen (secondary N) is 1. The van der Waals surface area contributed by atoms with E-state index >= 15 is 0 Å². The largest absolute Gasteiger partial charge is 0.373 e. The van der Waals surface area contributed by atoms with Crippen LogP contribution in [0.5, 0.6) is 0 Å². The van der Waals surface area contributed by atoms with Crippen molar-refractivity contribution in [3.8, 4) is 0 Å². The van der Waals surface area contributed by atoms with Gasteiger partial charge in [0.25, 0.3) is 0 Å². The number of likely N-dealkylation sites (N-methyl/N-ethyl adjacent to an activating group) is 1. The van der Waals surface area contributed by atoms with E-state index in [1.165, 1.54) is 0 Å². The molecule has 2 rings (SSSR count). The minimum Gasteiger partial charge on any atom is -0.373 e. The van der Waals surface area contributed by atoms with Crippen LogP contribution in [0.4, 0.5) is 0 Å². The van der Waals surface area contributed by atoms with Gasteiger partial charge in [-0.15, -0.1) is 11.3 Å². The summed E-state index contributed by atoms with van der Waals surface area (Å²) in [5, 5.41) is 6.54. The van der Waals surface area contributed by atoms with Gasteiger partial charge < -0.3 is 10.1 Å². The molecule has 1 N–H and O–H groups in total. The van der Waals surface area contributed by atoms with E-state index in [2.05, 4.69) is 24.1 Å². The van der Waals surface area contributed by atoms with E-state index in [4.69, 9.17) is 4.74 Å². The molecule has 4 heteroatoms. The van der Waals surface area contributed by atoms with Crippen LogP contribution in [0, 0.1) is 0 Å². The van der Waals surface area contributed by atoms with E-state index in [0.717, 1.165) is 11.4 Å². The van der Waals surface area contributed by atoms with Crippen LogP contribution in [0.1, 0.15) is 25.3 Å². The molecule has 0 aliphatic carbocycles. The molecule has 0 aromatic carbocycles. The molecule has 0 spiro atoms. The van der Waals surface area contributed by atoms with Crippen molar-refractivity contribution in [2.75, 3.05) is 7.05 Å². The van der Waals surface area contributed by atoms with E-state index in [9.17, 15) is 0 Å². The third-order valence-electron chi connectivity index (χ3n) is 3.00. The number of thiazole rings is 1. The first kappa shape index (κ1) is 10.1. The molecule has 0 radical (unpaired) electrons. The zero-order valence-electron chi connectivity index (χ0n) is 8.78. The fourth-order valence-electron chi connectivity index (χ4n) is 2.25. The Morgan fingerprint density at radius 3 is 2.86 bits per heavy atom. The van der Waals surface area contributed by atoms with Gasteiger partial charge in [0.1, 0.15) is 5.01 Å². The lowest BCUT2D eigenvalue weighted by Crippen LogP contribution is -2.45. The lowest BCUT2D eigenvalue weighted by atomic mass is 9.91. The van der Waals surface area contributed by atoms with Gasteiger partial charge in [-0.2, -0.15) is 0 Å². The molecule has 1 aromatic rings. The Balaban J connectivity index is 2.35. The lowest BCUT2D eigenvalue weighted by molar-refractivity contribution is 0.0442. The molecular weight excluding hydrogens is 196 g/mol. The first-order valence-corrected chi connectivity index (χ1v) is 5.81. The van der Waals surface area contributed by atoms with Gasteiger partial charge in [-0.25, -0.2) is 4.98 Å². The Labute approximate surface area is 88.5 Å². The fraction of sp³-hybridized carbons (Fsp3) is 0.700. The molecule has 1 aliphatic heterocycles. The normalized spacial score (nSPS) is 37.6. The molecule has 1 aromatic heterocycles. The molecule has 3 atom stereocenters. The highest BCUT2D eigenvalue weighted by Crippen LogP contribution is 2.39. The quantitative estimate of drug-likeness (QED) is 0.811. The second kappa shape index (κ2) is 3.61. The maximum absolute atomic E-state index is 5.80. The highest BCUT2D eigenvalue weighted by atomic mass is 32.1. The second-order valence-corrected chi connectivity index (χ2v) is 4.75. The summed E-state index contributed by atoms with van der Waals surface area (Å²) >= 11 is 1.70. The number of ether oxygens (including phenoxy) is 1. The van der Waals surface area contributed by atoms with Crippen molar-refractivity contribution >= 4 is 11.3 Å². The fourth-order valence-corrected chi connectivity index (χ4v) is 3.18. The Bertz CT molecular complexity index is 301. The molecule has 3 unspecified atom stereocenters. The van der Waals surface area contributed by atoms with E-state index in [1.807, 2.05) is 18.6 Å². The minimum atomic E-state index is -0.0758. The molecule has 0 amide bonds. The van der Waals surface area contributed by atoms with Crippen LogP contribution < -0.4 is 5.32 Å². The maximum atomic E-state index is 5.80. The molecule has 1 saturated heterocycles. The van der Waals surface area contributed by atoms with Crippen molar-refractivity contribution < 1.29 is 4.74 Å². The topological polar surface area (TPSA) is 34.2 Å². The highest BCUT2D eigenvalue weighted by molar-refractivity contribution is 7.09. The summed E-state index contributed by atoms with van der Waals surface area (Å²) in [6.07, 6.45) is 3.35. The zero-order chi connectivity index (χ0) is 10.2. The van der Waals surface area contributed by atoms with Crippen molar-refractivity contribution in [3.63, 3.8) is 0 Å². The van der Waals surface area contributed by atoms with E-state index < -0.39 is 0 Å². The summed E-state index contributed by atoms with van der Waals surface area (Å²) in [5.74, 6) is 0. The van der Waals surface area contributed by atoms with Gasteiger partial charge in [0.2, 0.25) is 0 Å². The van der Waals surface area contributed by atoms with Gasteiger partial charge in [-0.3, -0.25) is 0 Å². The average Bonchev–Trinajstić information content (AvgIpc) is 2.73. The third kappa shape index (κ3) is 1.38. The Morgan fingerprint density at radius 1 is 1.64 bits per heavy atom. The van der Waals surface area contributed by atoms with Gasteiger partial charge in [0, 0.05) is 18.0 Å². The minimum absolute atomic E-state index is 0.0758. The lowest BCUT2D eigenvalue weighted by Gasteiger charge is -2.29. The Hall–Kier alpha value is -0.450. The van der Waals surface area contributed by atoms with E-state index in [0.29, 0.717) is 6.10 Å². The molecule has 3 nitrogen and oxygen atoms in total. The van der Waals surface area contributed by atoms with E-state index in [-0.39, 0.29) is 11.6 Å². The van der Waals surface area contributed by atoms with Gasteiger partial charge in [-0.05, 0) is 20.9 Å². The monoisotopic (exact) mass is 212 g/mol. The number of hydrogen-bond donors (Lipinski definition) is 1. The molecule has 1 aliphatic rings. The molecular formula is C10H16N2OS. The van der Waals surface area contributed by atoms with Gasteiger partial charge in [0.05, 0.1) is 17.7 Å². The molecule has 0 saturated carbocycles. The van der Waals surface area contributed by atoms with Crippen LogP contribution in [-0.4, -0.2) is 24.2 Å². The van der Waals surface area contributed by atoms with Crippen LogP contribution in [0.15, 0.2) is 11.6 Å². The van der Waals surface area contributed by atoms with Crippen LogP contribution in [0.2, 0.25) is 0 Å². The van der Waals surface area contributed by atoms with E-state index in [1.54, 1.807) is 11.3 Å². The predicted octanol–water partition coefficient (Wildman–Crippen LogP) is 1.76. The number of rotatable bonds is 2. The number of nitrogens with zero attached hydrogens (tertiary/aromatic N) is 1. The standard InChI is InChI=1S/C10H16N2OS/c1-7-6-10(11-3,8(2)13-7)9-12-4-5-14-9/h4-5,7-8,11H,6H2,1-3H3. The number of aromatic nitrogens is 1. The van der Waals surface area contributed by atoms with Gasteiger partial charge in [-0.1, -0.05) is 0 Å². The number of hydrogen-bond acceptors (Lipinski definition) is 4. The molecule has 2 heterocycles. The summed E-state index contributed by atoms with van der Waals surface area (Å²) < 4.78 is 5.80. The Kier molecular flexibility index (Phi) is 2.60. The van der Waals surface area contributed by atoms with Crippen LogP contribution in [0.25, 0.3) is 0 Å². The SMILES string of the molecule is CNC1(c2nccs2)CC(C)OC1C. The average molecular weight is 212 g/mol. The molecule has 14 heavy (non-hydrogen) atoms. The maximum Gasteiger partial charge on any atom is 0.115 e. The third-order valence-corrected chi connectivity index (χ3v) is 3.95. The summed E-state index contributed by atoms with van der Waals surface area (Å²) in [4.78, 5) is 4.40.